The summed E-state index contributed by atoms with van der Waals surface area (Å²) in [6.45, 7) is -0.211. The lowest BCUT2D eigenvalue weighted by Gasteiger charge is -2.07. The van der Waals surface area contributed by atoms with Gasteiger partial charge in [-0.15, -0.1) is 4.83 Å². The molecule has 0 aromatic heterocycles. The van der Waals surface area contributed by atoms with Crippen molar-refractivity contribution in [3.8, 4) is 0 Å². The van der Waals surface area contributed by atoms with Crippen LogP contribution in [0.3, 0.4) is 0 Å². The third-order valence-electron chi connectivity index (χ3n) is 1.65. The first-order valence-electron chi connectivity index (χ1n) is 4.41. The Morgan fingerprint density at radius 2 is 1.94 bits per heavy atom. The second-order valence-corrected chi connectivity index (χ2v) is 4.58. The lowest BCUT2D eigenvalue weighted by atomic mass is 10.4. The van der Waals surface area contributed by atoms with E-state index in [1.165, 1.54) is 19.2 Å². The van der Waals surface area contributed by atoms with Crippen LogP contribution in [0.15, 0.2) is 35.2 Å². The summed E-state index contributed by atoms with van der Waals surface area (Å²) in [5, 5.41) is 0. The van der Waals surface area contributed by atoms with E-state index in [-0.39, 0.29) is 11.5 Å². The van der Waals surface area contributed by atoms with Crippen molar-refractivity contribution in [1.82, 2.24) is 10.3 Å². The molecule has 16 heavy (non-hydrogen) atoms. The highest BCUT2D eigenvalue weighted by atomic mass is 32.2. The molecule has 0 spiro atoms. The third-order valence-corrected chi connectivity index (χ3v) is 2.92. The van der Waals surface area contributed by atoms with E-state index in [1.54, 1.807) is 18.2 Å². The highest BCUT2D eigenvalue weighted by molar-refractivity contribution is 7.89. The maximum absolute atomic E-state index is 11.6. The Morgan fingerprint density at radius 1 is 1.31 bits per heavy atom. The standard InChI is InChI=1S/C9H12N2O4S/c1-15-7-9(12)10-11-16(13,14)8-5-3-2-4-6-8/h2-6,11H,7H2,1H3,(H,10,12). The van der Waals surface area contributed by atoms with Crippen LogP contribution >= 0.6 is 0 Å². The average molecular weight is 244 g/mol. The minimum atomic E-state index is -3.71. The fourth-order valence-electron chi connectivity index (χ4n) is 0.950. The van der Waals surface area contributed by atoms with Crippen molar-refractivity contribution in [2.45, 2.75) is 4.90 Å². The van der Waals surface area contributed by atoms with E-state index in [4.69, 9.17) is 0 Å². The van der Waals surface area contributed by atoms with Gasteiger partial charge in [-0.25, -0.2) is 8.42 Å². The number of hydrogen-bond donors (Lipinski definition) is 2. The lowest BCUT2D eigenvalue weighted by Crippen LogP contribution is -2.43. The molecule has 0 radical (unpaired) electrons. The van der Waals surface area contributed by atoms with E-state index < -0.39 is 15.9 Å². The van der Waals surface area contributed by atoms with Crippen LogP contribution in [0.1, 0.15) is 0 Å². The summed E-state index contributed by atoms with van der Waals surface area (Å²) < 4.78 is 27.7. The van der Waals surface area contributed by atoms with Gasteiger partial charge in [-0.2, -0.15) is 0 Å². The van der Waals surface area contributed by atoms with Crippen LogP contribution in [0.2, 0.25) is 0 Å². The molecule has 88 valence electrons. The molecule has 1 amide bonds. The van der Waals surface area contributed by atoms with E-state index in [2.05, 4.69) is 4.74 Å². The first-order valence-corrected chi connectivity index (χ1v) is 5.89. The molecule has 0 heterocycles. The molecule has 0 aliphatic carbocycles. The van der Waals surface area contributed by atoms with Crippen molar-refractivity contribution in [3.05, 3.63) is 30.3 Å². The summed E-state index contributed by atoms with van der Waals surface area (Å²) >= 11 is 0. The van der Waals surface area contributed by atoms with Crippen molar-refractivity contribution in [2.24, 2.45) is 0 Å². The largest absolute Gasteiger partial charge is 0.375 e. The summed E-state index contributed by atoms with van der Waals surface area (Å²) in [5.41, 5.74) is 2.02. The van der Waals surface area contributed by atoms with Gasteiger partial charge in [-0.05, 0) is 12.1 Å². The third kappa shape index (κ3) is 3.61. The maximum atomic E-state index is 11.6. The molecule has 6 nitrogen and oxygen atoms in total. The van der Waals surface area contributed by atoms with E-state index in [9.17, 15) is 13.2 Å². The van der Waals surface area contributed by atoms with Gasteiger partial charge in [0, 0.05) is 7.11 Å². The molecule has 7 heteroatoms. The smallest absolute Gasteiger partial charge is 0.260 e. The zero-order chi connectivity index (χ0) is 12.0. The molecule has 0 fully saturated rings. The van der Waals surface area contributed by atoms with E-state index in [0.717, 1.165) is 0 Å². The van der Waals surface area contributed by atoms with Crippen molar-refractivity contribution in [3.63, 3.8) is 0 Å². The topological polar surface area (TPSA) is 84.5 Å². The normalized spacial score (nSPS) is 11.1. The summed E-state index contributed by atoms with van der Waals surface area (Å²) in [6.07, 6.45) is 0. The molecule has 0 saturated carbocycles. The molecule has 1 rings (SSSR count). The number of sulfonamides is 1. The number of rotatable bonds is 5. The zero-order valence-corrected chi connectivity index (χ0v) is 9.45. The average Bonchev–Trinajstić information content (AvgIpc) is 2.28. The molecular formula is C9H12N2O4S. The van der Waals surface area contributed by atoms with Gasteiger partial charge >= 0.3 is 0 Å². The Balaban J connectivity index is 2.64. The Kier molecular flexibility index (Phi) is 4.41. The zero-order valence-electron chi connectivity index (χ0n) is 8.64. The molecule has 0 aliphatic heterocycles. The van der Waals surface area contributed by atoms with Crippen LogP contribution in [-0.4, -0.2) is 28.0 Å². The van der Waals surface area contributed by atoms with Crippen LogP contribution in [-0.2, 0) is 19.6 Å². The van der Waals surface area contributed by atoms with E-state index >= 15 is 0 Å². The molecule has 0 atom stereocenters. The van der Waals surface area contributed by atoms with Gasteiger partial charge in [0.15, 0.2) is 0 Å². The summed E-state index contributed by atoms with van der Waals surface area (Å²) in [4.78, 5) is 13.0. The van der Waals surface area contributed by atoms with Crippen LogP contribution in [0.25, 0.3) is 0 Å². The number of nitrogens with one attached hydrogen (secondary N) is 2. The highest BCUT2D eigenvalue weighted by Crippen LogP contribution is 2.05. The quantitative estimate of drug-likeness (QED) is 0.693. The Bertz CT molecular complexity index is 444. The van der Waals surface area contributed by atoms with Crippen LogP contribution in [0.5, 0.6) is 0 Å². The fourth-order valence-corrected chi connectivity index (χ4v) is 1.83. The number of carbonyl (C=O) groups excluding carboxylic acids is 1. The summed E-state index contributed by atoms with van der Waals surface area (Å²) in [5.74, 6) is -0.568. The van der Waals surface area contributed by atoms with Gasteiger partial charge in [-0.3, -0.25) is 10.2 Å². The molecular weight excluding hydrogens is 232 g/mol. The van der Waals surface area contributed by atoms with Gasteiger partial charge in [0.05, 0.1) is 4.90 Å². The van der Waals surface area contributed by atoms with Gasteiger partial charge in [-0.1, -0.05) is 18.2 Å². The van der Waals surface area contributed by atoms with Gasteiger partial charge in [0.1, 0.15) is 6.61 Å². The first-order chi connectivity index (χ1) is 7.56. The molecule has 1 aromatic rings. The molecule has 0 saturated heterocycles. The Morgan fingerprint density at radius 3 is 2.50 bits per heavy atom. The second kappa shape index (κ2) is 5.59. The molecule has 0 unspecified atom stereocenters. The minimum Gasteiger partial charge on any atom is -0.375 e. The van der Waals surface area contributed by atoms with Gasteiger partial charge in [0.2, 0.25) is 0 Å². The number of benzene rings is 1. The Hall–Kier alpha value is -1.44. The highest BCUT2D eigenvalue weighted by Gasteiger charge is 2.13. The number of carbonyl (C=O) groups is 1. The lowest BCUT2D eigenvalue weighted by molar-refractivity contribution is -0.125. The SMILES string of the molecule is COCC(=O)NNS(=O)(=O)c1ccccc1. The summed E-state index contributed by atoms with van der Waals surface area (Å²) in [6, 6.07) is 7.72. The van der Waals surface area contributed by atoms with E-state index in [1.807, 2.05) is 10.3 Å². The minimum absolute atomic E-state index is 0.0766. The number of hydrogen-bond acceptors (Lipinski definition) is 4. The van der Waals surface area contributed by atoms with Crippen molar-refractivity contribution in [2.75, 3.05) is 13.7 Å². The number of methoxy groups -OCH3 is 1. The fraction of sp³-hybridized carbons (Fsp3) is 0.222. The van der Waals surface area contributed by atoms with Crippen LogP contribution < -0.4 is 10.3 Å². The molecule has 0 aliphatic rings. The maximum Gasteiger partial charge on any atom is 0.260 e. The van der Waals surface area contributed by atoms with Gasteiger partial charge in [0.25, 0.3) is 15.9 Å². The Labute approximate surface area is 93.6 Å². The predicted octanol–water partition coefficient (Wildman–Crippen LogP) is -0.357. The monoisotopic (exact) mass is 244 g/mol. The second-order valence-electron chi connectivity index (χ2n) is 2.90. The van der Waals surface area contributed by atoms with Crippen LogP contribution in [0, 0.1) is 0 Å². The molecule has 2 N–H and O–H groups in total. The summed E-state index contributed by atoms with van der Waals surface area (Å²) in [7, 11) is -2.37. The van der Waals surface area contributed by atoms with Crippen molar-refractivity contribution in [1.29, 1.82) is 0 Å². The first kappa shape index (κ1) is 12.6. The van der Waals surface area contributed by atoms with Crippen molar-refractivity contribution >= 4 is 15.9 Å². The molecule has 0 bridgehead atoms. The molecule has 1 aromatic carbocycles. The number of hydrazine groups is 1. The van der Waals surface area contributed by atoms with Crippen molar-refractivity contribution < 1.29 is 17.9 Å². The number of ether oxygens (including phenoxy) is 1. The van der Waals surface area contributed by atoms with E-state index in [0.29, 0.717) is 0 Å². The predicted molar refractivity (Wildman–Crippen MR) is 56.8 cm³/mol. The van der Waals surface area contributed by atoms with Gasteiger partial charge < -0.3 is 4.74 Å². The number of amides is 1. The van der Waals surface area contributed by atoms with Crippen LogP contribution in [0.4, 0.5) is 0 Å².